The van der Waals surface area contributed by atoms with Gasteiger partial charge in [-0.1, -0.05) is 115 Å². The zero-order chi connectivity index (χ0) is 30.3. The molecule has 6 nitrogen and oxygen atoms in total. The number of pyridine rings is 1. The number of hydrogen-bond acceptors (Lipinski definition) is 5. The van der Waals surface area contributed by atoms with E-state index in [1.54, 1.807) is 18.2 Å². The smallest absolute Gasteiger partial charge is 0.223 e. The van der Waals surface area contributed by atoms with Crippen LogP contribution in [0.3, 0.4) is 0 Å². The molecule has 0 fully saturated rings. The summed E-state index contributed by atoms with van der Waals surface area (Å²) in [7, 11) is 4.15. The van der Waals surface area contributed by atoms with Crippen LogP contribution in [0.2, 0.25) is 0 Å². The van der Waals surface area contributed by atoms with E-state index in [-0.39, 0.29) is 11.2 Å². The Kier molecular flexibility index (Phi) is 19.8. The van der Waals surface area contributed by atoms with Crippen molar-refractivity contribution in [1.29, 1.82) is 0 Å². The number of unbranched alkanes of at least 4 members (excludes halogenated alkanes) is 15. The Morgan fingerprint density at radius 3 is 1.88 bits per heavy atom. The highest BCUT2D eigenvalue weighted by Crippen LogP contribution is 2.16. The number of aromatic nitrogens is 1. The molecule has 2 rings (SSSR count). The van der Waals surface area contributed by atoms with E-state index in [9.17, 15) is 9.90 Å². The molecule has 2 aromatic rings. The Bertz CT molecular complexity index is 987. The van der Waals surface area contributed by atoms with Crippen LogP contribution in [0.1, 0.15) is 127 Å². The van der Waals surface area contributed by atoms with Gasteiger partial charge >= 0.3 is 0 Å². The lowest BCUT2D eigenvalue weighted by atomic mass is 10.0. The largest absolute Gasteiger partial charge is 0.508 e. The van der Waals surface area contributed by atoms with Gasteiger partial charge in [-0.25, -0.2) is 0 Å². The second kappa shape index (κ2) is 23.2. The molecule has 0 aliphatic heterocycles. The van der Waals surface area contributed by atoms with Gasteiger partial charge in [0.15, 0.2) is 5.75 Å². The zero-order valence-electron chi connectivity index (χ0n) is 27.2. The number of hydrogen-bond donors (Lipinski definition) is 2. The van der Waals surface area contributed by atoms with Gasteiger partial charge < -0.3 is 24.6 Å². The summed E-state index contributed by atoms with van der Waals surface area (Å²) < 4.78 is 8.07. The van der Waals surface area contributed by atoms with Gasteiger partial charge in [0.2, 0.25) is 5.43 Å². The maximum absolute atomic E-state index is 12.9. The molecule has 1 aromatic carbocycles. The molecule has 1 aromatic heterocycles. The monoisotopic (exact) mass is 583 g/mol. The van der Waals surface area contributed by atoms with Crippen molar-refractivity contribution >= 4 is 0 Å². The molecule has 0 bridgehead atoms. The molecule has 0 saturated carbocycles. The van der Waals surface area contributed by atoms with E-state index in [0.29, 0.717) is 25.4 Å². The molecule has 0 radical (unpaired) electrons. The highest BCUT2D eigenvalue weighted by Gasteiger charge is 2.09. The van der Waals surface area contributed by atoms with Gasteiger partial charge in [-0.15, -0.1) is 0 Å². The molecule has 0 unspecified atom stereocenters. The zero-order valence-corrected chi connectivity index (χ0v) is 27.2. The van der Waals surface area contributed by atoms with E-state index in [1.165, 1.54) is 89.9 Å². The highest BCUT2D eigenvalue weighted by atomic mass is 16.5. The van der Waals surface area contributed by atoms with E-state index < -0.39 is 0 Å². The van der Waals surface area contributed by atoms with Crippen molar-refractivity contribution in [2.24, 2.45) is 0 Å². The molecule has 0 atom stereocenters. The topological polar surface area (TPSA) is 66.7 Å². The third-order valence-electron chi connectivity index (χ3n) is 7.99. The second-order valence-corrected chi connectivity index (χ2v) is 12.3. The third-order valence-corrected chi connectivity index (χ3v) is 7.99. The fourth-order valence-corrected chi connectivity index (χ4v) is 5.37. The summed E-state index contributed by atoms with van der Waals surface area (Å²) in [6.45, 7) is 6.02. The average Bonchev–Trinajstić information content (AvgIpc) is 2.97. The highest BCUT2D eigenvalue weighted by molar-refractivity contribution is 5.28. The summed E-state index contributed by atoms with van der Waals surface area (Å²) in [6, 6.07) is 8.94. The van der Waals surface area contributed by atoms with Gasteiger partial charge in [0.25, 0.3) is 0 Å². The standard InChI is InChI=1S/C36H61N3O3/c1-4-5-6-7-8-9-10-11-12-13-14-15-16-17-18-19-27-42-36-31-39(30-32-21-23-34(40)24-22-32)33(28-35(36)41)29-37-25-20-26-38(2)3/h21-24,28,31,37,40H,4-20,25-27,29-30H2,1-3H3. The molecule has 42 heavy (non-hydrogen) atoms. The van der Waals surface area contributed by atoms with Gasteiger partial charge in [-0.3, -0.25) is 4.79 Å². The lowest BCUT2D eigenvalue weighted by Gasteiger charge is -2.17. The van der Waals surface area contributed by atoms with Crippen molar-refractivity contribution in [2.75, 3.05) is 33.8 Å². The fraction of sp³-hybridized carbons (Fsp3) is 0.694. The van der Waals surface area contributed by atoms with Gasteiger partial charge in [0.1, 0.15) is 5.75 Å². The molecule has 6 heteroatoms. The van der Waals surface area contributed by atoms with Gasteiger partial charge in [-0.05, 0) is 57.7 Å². The summed E-state index contributed by atoms with van der Waals surface area (Å²) in [6.07, 6.45) is 24.4. The Labute approximate surface area is 256 Å². The quantitative estimate of drug-likeness (QED) is 0.109. The third kappa shape index (κ3) is 17.0. The number of ether oxygens (including phenoxy) is 1. The van der Waals surface area contributed by atoms with E-state index in [2.05, 4.69) is 35.8 Å². The number of rotatable bonds is 26. The summed E-state index contributed by atoms with van der Waals surface area (Å²) in [5, 5.41) is 13.1. The van der Waals surface area contributed by atoms with Crippen molar-refractivity contribution in [2.45, 2.75) is 129 Å². The predicted molar refractivity (Wildman–Crippen MR) is 178 cm³/mol. The van der Waals surface area contributed by atoms with Crippen molar-refractivity contribution in [3.63, 3.8) is 0 Å². The Morgan fingerprint density at radius 1 is 0.786 bits per heavy atom. The van der Waals surface area contributed by atoms with Crippen LogP contribution in [-0.4, -0.2) is 48.4 Å². The van der Waals surface area contributed by atoms with Crippen molar-refractivity contribution in [3.05, 3.63) is 58.0 Å². The van der Waals surface area contributed by atoms with Gasteiger partial charge in [-0.2, -0.15) is 0 Å². The first-order valence-corrected chi connectivity index (χ1v) is 17.0. The van der Waals surface area contributed by atoms with Crippen LogP contribution in [0.4, 0.5) is 0 Å². The number of aromatic hydroxyl groups is 1. The van der Waals surface area contributed by atoms with Crippen LogP contribution in [0.5, 0.6) is 11.5 Å². The van der Waals surface area contributed by atoms with Crippen LogP contribution in [0.25, 0.3) is 0 Å². The number of phenolic OH excluding ortho intramolecular Hbond substituents is 1. The van der Waals surface area contributed by atoms with Gasteiger partial charge in [0, 0.05) is 24.8 Å². The van der Waals surface area contributed by atoms with Gasteiger partial charge in [0.05, 0.1) is 12.8 Å². The molecule has 0 aliphatic carbocycles. The molecule has 2 N–H and O–H groups in total. The molecule has 1 heterocycles. The summed E-state index contributed by atoms with van der Waals surface area (Å²) in [5.74, 6) is 0.676. The summed E-state index contributed by atoms with van der Waals surface area (Å²) in [5.41, 5.74) is 1.94. The van der Waals surface area contributed by atoms with Crippen molar-refractivity contribution in [3.8, 4) is 11.5 Å². The first-order valence-electron chi connectivity index (χ1n) is 17.0. The molecule has 0 spiro atoms. The van der Waals surface area contributed by atoms with Crippen LogP contribution in [0, 0.1) is 0 Å². The minimum absolute atomic E-state index is 0.0569. The number of phenols is 1. The minimum Gasteiger partial charge on any atom is -0.508 e. The number of benzene rings is 1. The van der Waals surface area contributed by atoms with Crippen LogP contribution in [0.15, 0.2) is 41.3 Å². The molecule has 238 valence electrons. The number of nitrogens with zero attached hydrogens (tertiary/aromatic N) is 2. The summed E-state index contributed by atoms with van der Waals surface area (Å²) in [4.78, 5) is 15.0. The van der Waals surface area contributed by atoms with Crippen molar-refractivity contribution < 1.29 is 9.84 Å². The average molecular weight is 584 g/mol. The number of nitrogens with one attached hydrogen (secondary N) is 1. The normalized spacial score (nSPS) is 11.4. The minimum atomic E-state index is -0.0569. The first kappa shape index (κ1) is 35.9. The fourth-order valence-electron chi connectivity index (χ4n) is 5.37. The molecule has 0 saturated heterocycles. The maximum Gasteiger partial charge on any atom is 0.223 e. The maximum atomic E-state index is 12.9. The molecule has 0 aliphatic rings. The van der Waals surface area contributed by atoms with E-state index in [4.69, 9.17) is 4.74 Å². The van der Waals surface area contributed by atoms with Crippen LogP contribution < -0.4 is 15.5 Å². The Hall–Kier alpha value is -2.31. The Morgan fingerprint density at radius 2 is 1.33 bits per heavy atom. The van der Waals surface area contributed by atoms with E-state index in [1.807, 2.05) is 18.3 Å². The molecule has 0 amide bonds. The first-order chi connectivity index (χ1) is 20.5. The summed E-state index contributed by atoms with van der Waals surface area (Å²) >= 11 is 0. The van der Waals surface area contributed by atoms with E-state index in [0.717, 1.165) is 43.6 Å². The lowest BCUT2D eigenvalue weighted by molar-refractivity contribution is 0.298. The second-order valence-electron chi connectivity index (χ2n) is 12.3. The SMILES string of the molecule is CCCCCCCCCCCCCCCCCCOc1cn(Cc2ccc(O)cc2)c(CNCCCN(C)C)cc1=O. The molecular weight excluding hydrogens is 522 g/mol. The van der Waals surface area contributed by atoms with Crippen LogP contribution >= 0.6 is 0 Å². The van der Waals surface area contributed by atoms with Crippen molar-refractivity contribution in [1.82, 2.24) is 14.8 Å². The molecular formula is C36H61N3O3. The van der Waals surface area contributed by atoms with Crippen LogP contribution in [-0.2, 0) is 13.1 Å². The predicted octanol–water partition coefficient (Wildman–Crippen LogP) is 8.28. The van der Waals surface area contributed by atoms with E-state index >= 15 is 0 Å². The lowest BCUT2D eigenvalue weighted by Crippen LogP contribution is -2.24. The Balaban J connectivity index is 1.66.